The number of anilines is 1. The van der Waals surface area contributed by atoms with Crippen LogP contribution in [0.5, 0.6) is 0 Å². The predicted molar refractivity (Wildman–Crippen MR) is 131 cm³/mol. The van der Waals surface area contributed by atoms with Crippen LogP contribution in [-0.4, -0.2) is 63.6 Å². The van der Waals surface area contributed by atoms with Gasteiger partial charge >= 0.3 is 7.60 Å². The van der Waals surface area contributed by atoms with Gasteiger partial charge in [0.25, 0.3) is 5.91 Å². The molecule has 5 rings (SSSR count). The summed E-state index contributed by atoms with van der Waals surface area (Å²) in [6.07, 6.45) is 4.40. The van der Waals surface area contributed by atoms with Crippen molar-refractivity contribution < 1.29 is 27.9 Å². The Bertz CT molecular complexity index is 1260. The van der Waals surface area contributed by atoms with E-state index in [0.29, 0.717) is 42.2 Å². The van der Waals surface area contributed by atoms with Crippen molar-refractivity contribution in [2.75, 3.05) is 25.6 Å². The highest BCUT2D eigenvalue weighted by Crippen LogP contribution is 2.67. The molecule has 1 amide bonds. The van der Waals surface area contributed by atoms with E-state index in [4.69, 9.17) is 18.5 Å². The van der Waals surface area contributed by atoms with Gasteiger partial charge in [-0.1, -0.05) is 18.2 Å². The second-order valence-corrected chi connectivity index (χ2v) is 10.9. The van der Waals surface area contributed by atoms with Crippen molar-refractivity contribution >= 4 is 30.5 Å². The molecule has 1 aliphatic heterocycles. The highest BCUT2D eigenvalue weighted by molar-refractivity contribution is 7.55. The van der Waals surface area contributed by atoms with Crippen LogP contribution in [-0.2, 0) is 23.1 Å². The van der Waals surface area contributed by atoms with Crippen LogP contribution < -0.4 is 5.32 Å². The average Bonchev–Trinajstić information content (AvgIpc) is 3.41. The highest BCUT2D eigenvalue weighted by Gasteiger charge is 2.59. The van der Waals surface area contributed by atoms with Crippen LogP contribution in [0.25, 0.3) is 11.2 Å². The monoisotopic (exact) mass is 514 g/mol. The Labute approximate surface area is 209 Å². The van der Waals surface area contributed by atoms with Gasteiger partial charge in [0.15, 0.2) is 23.2 Å². The lowest BCUT2D eigenvalue weighted by molar-refractivity contribution is -0.0521. The highest BCUT2D eigenvalue weighted by atomic mass is 31.2. The Hall–Kier alpha value is -2.69. The van der Waals surface area contributed by atoms with Gasteiger partial charge in [-0.3, -0.25) is 13.9 Å². The van der Waals surface area contributed by atoms with Gasteiger partial charge in [0.05, 0.1) is 31.3 Å². The molecule has 5 atom stereocenters. The molecule has 12 heteroatoms. The lowest BCUT2D eigenvalue weighted by atomic mass is 10.1. The SMILES string of the molecule is CCOP(=O)(OCC)C1CC1[C@H]1[CH][C@@H](OC)[C@H](n2cnc3c(NC(=O)c4ccccc4)ncnc32)O1. The Balaban J connectivity index is 1.35. The van der Waals surface area contributed by atoms with E-state index in [1.807, 2.05) is 12.5 Å². The Kier molecular flexibility index (Phi) is 7.18. The summed E-state index contributed by atoms with van der Waals surface area (Å²) in [5.41, 5.74) is 1.23. The number of methoxy groups -OCH3 is 1. The fourth-order valence-electron chi connectivity index (χ4n) is 4.63. The quantitative estimate of drug-likeness (QED) is 0.401. The van der Waals surface area contributed by atoms with Gasteiger partial charge in [0, 0.05) is 25.0 Å². The number of rotatable bonds is 10. The molecule has 2 aliphatic rings. The molecule has 1 saturated heterocycles. The average molecular weight is 514 g/mol. The third kappa shape index (κ3) is 4.69. The number of nitrogens with zero attached hydrogens (tertiary/aromatic N) is 4. The number of fused-ring (bicyclic) bond motifs is 1. The van der Waals surface area contributed by atoms with Crippen molar-refractivity contribution in [1.29, 1.82) is 0 Å². The van der Waals surface area contributed by atoms with E-state index < -0.39 is 13.8 Å². The van der Waals surface area contributed by atoms with Gasteiger partial charge in [-0.05, 0) is 32.4 Å². The van der Waals surface area contributed by atoms with Crippen molar-refractivity contribution in [2.24, 2.45) is 5.92 Å². The molecular weight excluding hydrogens is 485 g/mol. The molecule has 1 aromatic carbocycles. The van der Waals surface area contributed by atoms with E-state index in [9.17, 15) is 9.36 Å². The summed E-state index contributed by atoms with van der Waals surface area (Å²) in [5.74, 6) is 0.0108. The third-order valence-corrected chi connectivity index (χ3v) is 9.02. The number of amides is 1. The first-order valence-electron chi connectivity index (χ1n) is 11.9. The molecule has 3 aromatic rings. The summed E-state index contributed by atoms with van der Waals surface area (Å²) < 4.78 is 38.1. The van der Waals surface area contributed by atoms with Gasteiger partial charge in [-0.2, -0.15) is 0 Å². The van der Waals surface area contributed by atoms with Crippen molar-refractivity contribution in [2.45, 2.75) is 44.4 Å². The van der Waals surface area contributed by atoms with Crippen LogP contribution in [0.4, 0.5) is 5.82 Å². The van der Waals surface area contributed by atoms with E-state index in [1.54, 1.807) is 56.1 Å². The number of hydrogen-bond donors (Lipinski definition) is 1. The lowest BCUT2D eigenvalue weighted by Crippen LogP contribution is -2.21. The Morgan fingerprint density at radius 1 is 1.17 bits per heavy atom. The summed E-state index contributed by atoms with van der Waals surface area (Å²) in [5, 5.41) is 2.81. The molecule has 0 bridgehead atoms. The second kappa shape index (κ2) is 10.4. The zero-order chi connectivity index (χ0) is 25.3. The molecule has 11 nitrogen and oxygen atoms in total. The number of ether oxygens (including phenoxy) is 2. The zero-order valence-electron chi connectivity index (χ0n) is 20.3. The number of hydrogen-bond acceptors (Lipinski definition) is 9. The molecule has 1 N–H and O–H groups in total. The fourth-order valence-corrected chi connectivity index (χ4v) is 6.95. The van der Waals surface area contributed by atoms with Gasteiger partial charge < -0.3 is 23.8 Å². The largest absolute Gasteiger partial charge is 0.376 e. The maximum atomic E-state index is 13.2. The molecule has 1 saturated carbocycles. The molecule has 36 heavy (non-hydrogen) atoms. The predicted octanol–water partition coefficient (Wildman–Crippen LogP) is 3.85. The van der Waals surface area contributed by atoms with Crippen molar-refractivity contribution in [3.8, 4) is 0 Å². The fraction of sp³-hybridized carbons (Fsp3) is 0.458. The zero-order valence-corrected chi connectivity index (χ0v) is 21.2. The summed E-state index contributed by atoms with van der Waals surface area (Å²) in [4.78, 5) is 25.7. The maximum Gasteiger partial charge on any atom is 0.334 e. The minimum Gasteiger partial charge on any atom is -0.376 e. The van der Waals surface area contributed by atoms with Gasteiger partial charge in [-0.15, -0.1) is 0 Å². The van der Waals surface area contributed by atoms with Crippen LogP contribution in [0.2, 0.25) is 0 Å². The second-order valence-electron chi connectivity index (χ2n) is 8.59. The summed E-state index contributed by atoms with van der Waals surface area (Å²) >= 11 is 0. The third-order valence-electron chi connectivity index (χ3n) is 6.38. The minimum atomic E-state index is -3.20. The molecular formula is C24H29N5O6P. The normalized spacial score (nSPS) is 25.8. The van der Waals surface area contributed by atoms with E-state index in [2.05, 4.69) is 20.3 Å². The lowest BCUT2D eigenvalue weighted by Gasteiger charge is -2.20. The smallest absolute Gasteiger partial charge is 0.334 e. The number of imidazole rings is 1. The van der Waals surface area contributed by atoms with Crippen molar-refractivity contribution in [3.63, 3.8) is 0 Å². The van der Waals surface area contributed by atoms with Gasteiger partial charge in [0.2, 0.25) is 0 Å². The molecule has 1 radical (unpaired) electrons. The molecule has 1 aliphatic carbocycles. The number of carbonyl (C=O) groups excluding carboxylic acids is 1. The number of aromatic nitrogens is 4. The topological polar surface area (TPSA) is 127 Å². The van der Waals surface area contributed by atoms with Crippen LogP contribution in [0.15, 0.2) is 43.0 Å². The van der Waals surface area contributed by atoms with Crippen molar-refractivity contribution in [3.05, 3.63) is 55.0 Å². The first-order chi connectivity index (χ1) is 17.5. The van der Waals surface area contributed by atoms with E-state index in [1.165, 1.54) is 6.33 Å². The molecule has 2 fully saturated rings. The number of nitrogens with one attached hydrogen (secondary N) is 1. The molecule has 0 spiro atoms. The van der Waals surface area contributed by atoms with Gasteiger partial charge in [-0.25, -0.2) is 15.0 Å². The molecule has 2 aromatic heterocycles. The number of carbonyl (C=O) groups is 1. The maximum absolute atomic E-state index is 13.2. The van der Waals surface area contributed by atoms with Crippen LogP contribution in [0.1, 0.15) is 36.9 Å². The number of benzene rings is 1. The Morgan fingerprint density at radius 2 is 1.92 bits per heavy atom. The van der Waals surface area contributed by atoms with Crippen LogP contribution in [0, 0.1) is 12.3 Å². The Morgan fingerprint density at radius 3 is 2.61 bits per heavy atom. The first kappa shape index (κ1) is 25.0. The summed E-state index contributed by atoms with van der Waals surface area (Å²) in [6, 6.07) is 8.87. The molecule has 3 heterocycles. The van der Waals surface area contributed by atoms with Crippen molar-refractivity contribution in [1.82, 2.24) is 19.5 Å². The van der Waals surface area contributed by atoms with Gasteiger partial charge in [0.1, 0.15) is 12.4 Å². The molecule has 191 valence electrons. The first-order valence-corrected chi connectivity index (χ1v) is 13.6. The minimum absolute atomic E-state index is 0.00159. The molecule has 2 unspecified atom stereocenters. The standard InChI is InChI=1S/C24H29N5O6P/c1-4-33-36(31,34-5-2)19-11-16(19)17-12-18(32-3)24(35-17)29-14-27-20-21(25-13-26-22(20)29)28-23(30)15-9-7-6-8-10-15/h6-10,12-14,16-19,24H,4-5,11H2,1-3H3,(H,25,26,28,30)/t16?,17-,18-,19?,24-/m1/s1. The van der Waals surface area contributed by atoms with E-state index >= 15 is 0 Å². The van der Waals surface area contributed by atoms with Crippen LogP contribution in [0.3, 0.4) is 0 Å². The summed E-state index contributed by atoms with van der Waals surface area (Å²) in [6.45, 7) is 4.26. The van der Waals surface area contributed by atoms with Crippen LogP contribution >= 0.6 is 7.60 Å². The summed E-state index contributed by atoms with van der Waals surface area (Å²) in [7, 11) is -1.60. The van der Waals surface area contributed by atoms with E-state index in [-0.39, 0.29) is 29.7 Å². The van der Waals surface area contributed by atoms with E-state index in [0.717, 1.165) is 0 Å².